The highest BCUT2D eigenvalue weighted by atomic mass is 16.1. The number of Topliss-reactive ketones (excluding diaryl/α,β-unsaturated/α-hetero) is 2. The van der Waals surface area contributed by atoms with Crippen molar-refractivity contribution in [3.63, 3.8) is 0 Å². The molecule has 1 aliphatic carbocycles. The molecule has 1 fully saturated rings. The molecular weight excluding hydrogens is 288 g/mol. The number of ketones is 2. The first-order chi connectivity index (χ1) is 10.7. The standard InChI is InChI=1S/C19H30N2O2/c1-10-8-7-9-16(11(10)2)20-14(5)19(23)18-12(3)17(15(6)22)13(4)21-18/h10-11,14,16,20-21H,7-9H2,1-6H3/p+1/t10-,11-,14+,16+/m0/s1. The second kappa shape index (κ2) is 7.00. The summed E-state index contributed by atoms with van der Waals surface area (Å²) < 4.78 is 0. The molecule has 1 saturated carbocycles. The summed E-state index contributed by atoms with van der Waals surface area (Å²) >= 11 is 0. The molecule has 1 aromatic rings. The third-order valence-corrected chi connectivity index (χ3v) is 5.76. The average molecular weight is 319 g/mol. The van der Waals surface area contributed by atoms with Gasteiger partial charge in [0.15, 0.2) is 5.78 Å². The highest BCUT2D eigenvalue weighted by molar-refractivity contribution is 6.04. The molecule has 3 N–H and O–H groups in total. The number of nitrogens with one attached hydrogen (secondary N) is 1. The number of H-pyrrole nitrogens is 1. The Morgan fingerprint density at radius 2 is 1.87 bits per heavy atom. The maximum Gasteiger partial charge on any atom is 0.235 e. The van der Waals surface area contributed by atoms with Crippen LogP contribution in [0.4, 0.5) is 0 Å². The highest BCUT2D eigenvalue weighted by Gasteiger charge is 2.33. The van der Waals surface area contributed by atoms with E-state index in [0.29, 0.717) is 23.2 Å². The van der Waals surface area contributed by atoms with Crippen LogP contribution in [-0.2, 0) is 0 Å². The first-order valence-electron chi connectivity index (χ1n) is 8.83. The van der Waals surface area contributed by atoms with Gasteiger partial charge in [0.25, 0.3) is 0 Å². The molecule has 23 heavy (non-hydrogen) atoms. The van der Waals surface area contributed by atoms with E-state index in [1.54, 1.807) is 6.92 Å². The molecule has 0 bridgehead atoms. The van der Waals surface area contributed by atoms with E-state index < -0.39 is 0 Å². The number of quaternary nitrogens is 1. The summed E-state index contributed by atoms with van der Waals surface area (Å²) in [5.41, 5.74) is 2.86. The summed E-state index contributed by atoms with van der Waals surface area (Å²) in [5, 5.41) is 2.24. The van der Waals surface area contributed by atoms with Gasteiger partial charge in [0.2, 0.25) is 5.78 Å². The molecule has 0 saturated heterocycles. The first-order valence-corrected chi connectivity index (χ1v) is 8.83. The SMILES string of the molecule is CC(=O)c1c(C)[nH]c(C(=O)[C@@H](C)[NH2+][C@@H]2CCC[C@H](C)[C@@H]2C)c1C. The molecule has 0 radical (unpaired) electrons. The summed E-state index contributed by atoms with van der Waals surface area (Å²) in [6.07, 6.45) is 3.73. The molecule has 4 atom stereocenters. The summed E-state index contributed by atoms with van der Waals surface area (Å²) in [6, 6.07) is 0.394. The Kier molecular flexibility index (Phi) is 5.45. The van der Waals surface area contributed by atoms with Crippen LogP contribution in [0.3, 0.4) is 0 Å². The summed E-state index contributed by atoms with van der Waals surface area (Å²) in [6.45, 7) is 11.9. The van der Waals surface area contributed by atoms with E-state index in [2.05, 4.69) is 24.1 Å². The van der Waals surface area contributed by atoms with Crippen molar-refractivity contribution in [1.82, 2.24) is 4.98 Å². The molecular formula is C19H31N2O2+. The van der Waals surface area contributed by atoms with Gasteiger partial charge in [-0.2, -0.15) is 0 Å². The number of hydrogen-bond donors (Lipinski definition) is 2. The van der Waals surface area contributed by atoms with Crippen molar-refractivity contribution < 1.29 is 14.9 Å². The van der Waals surface area contributed by atoms with E-state index >= 15 is 0 Å². The fraction of sp³-hybridized carbons (Fsp3) is 0.684. The number of carbonyl (C=O) groups excluding carboxylic acids is 2. The minimum absolute atomic E-state index is 0.0154. The molecule has 1 heterocycles. The first kappa shape index (κ1) is 17.9. The van der Waals surface area contributed by atoms with Crippen LogP contribution < -0.4 is 5.32 Å². The summed E-state index contributed by atoms with van der Waals surface area (Å²) in [4.78, 5) is 27.7. The minimum Gasteiger partial charge on any atom is -0.355 e. The Morgan fingerprint density at radius 1 is 1.22 bits per heavy atom. The maximum atomic E-state index is 12.8. The lowest BCUT2D eigenvalue weighted by Gasteiger charge is -2.33. The van der Waals surface area contributed by atoms with Crippen LogP contribution in [0.15, 0.2) is 0 Å². The van der Waals surface area contributed by atoms with Gasteiger partial charge in [-0.15, -0.1) is 0 Å². The number of hydrogen-bond acceptors (Lipinski definition) is 2. The molecule has 0 aliphatic heterocycles. The molecule has 4 heteroatoms. The third kappa shape index (κ3) is 3.57. The van der Waals surface area contributed by atoms with E-state index in [1.165, 1.54) is 19.3 Å². The molecule has 0 aromatic carbocycles. The van der Waals surface area contributed by atoms with Crippen LogP contribution >= 0.6 is 0 Å². The largest absolute Gasteiger partial charge is 0.355 e. The van der Waals surface area contributed by atoms with Crippen LogP contribution in [0, 0.1) is 25.7 Å². The van der Waals surface area contributed by atoms with Gasteiger partial charge in [0.05, 0.1) is 11.7 Å². The monoisotopic (exact) mass is 319 g/mol. The number of aryl methyl sites for hydroxylation is 1. The smallest absolute Gasteiger partial charge is 0.235 e. The number of nitrogens with two attached hydrogens (primary N) is 1. The molecule has 0 unspecified atom stereocenters. The van der Waals surface area contributed by atoms with E-state index in [9.17, 15) is 9.59 Å². The van der Waals surface area contributed by atoms with Gasteiger partial charge < -0.3 is 10.3 Å². The lowest BCUT2D eigenvalue weighted by molar-refractivity contribution is -0.714. The van der Waals surface area contributed by atoms with Crippen molar-refractivity contribution in [2.75, 3.05) is 0 Å². The fourth-order valence-corrected chi connectivity index (χ4v) is 4.11. The van der Waals surface area contributed by atoms with Crippen molar-refractivity contribution in [3.8, 4) is 0 Å². The molecule has 0 amide bonds. The van der Waals surface area contributed by atoms with Gasteiger partial charge in [-0.05, 0) is 58.4 Å². The molecule has 1 aliphatic rings. The Bertz CT molecular complexity index is 603. The predicted octanol–water partition coefficient (Wildman–Crippen LogP) is 2.79. The van der Waals surface area contributed by atoms with Gasteiger partial charge in [0, 0.05) is 17.2 Å². The van der Waals surface area contributed by atoms with Crippen molar-refractivity contribution in [1.29, 1.82) is 0 Å². The zero-order chi connectivity index (χ0) is 17.3. The van der Waals surface area contributed by atoms with Crippen molar-refractivity contribution >= 4 is 11.6 Å². The minimum atomic E-state index is -0.121. The van der Waals surface area contributed by atoms with Gasteiger partial charge >= 0.3 is 0 Å². The van der Waals surface area contributed by atoms with Gasteiger partial charge in [-0.3, -0.25) is 9.59 Å². The topological polar surface area (TPSA) is 66.5 Å². The van der Waals surface area contributed by atoms with Crippen LogP contribution in [0.5, 0.6) is 0 Å². The molecule has 0 spiro atoms. The van der Waals surface area contributed by atoms with Crippen LogP contribution in [0.1, 0.15) is 79.1 Å². The van der Waals surface area contributed by atoms with Crippen LogP contribution in [-0.4, -0.2) is 28.6 Å². The number of aromatic nitrogens is 1. The Labute approximate surface area is 139 Å². The second-order valence-corrected chi connectivity index (χ2v) is 7.46. The van der Waals surface area contributed by atoms with Crippen molar-refractivity contribution in [3.05, 3.63) is 22.5 Å². The quantitative estimate of drug-likeness (QED) is 0.820. The lowest BCUT2D eigenvalue weighted by Crippen LogP contribution is -2.97. The number of carbonyl (C=O) groups is 2. The Morgan fingerprint density at radius 3 is 2.43 bits per heavy atom. The molecule has 128 valence electrons. The zero-order valence-electron chi connectivity index (χ0n) is 15.3. The Hall–Kier alpha value is -1.42. The van der Waals surface area contributed by atoms with Gasteiger partial charge in [-0.25, -0.2) is 0 Å². The molecule has 4 nitrogen and oxygen atoms in total. The molecule has 2 rings (SSSR count). The highest BCUT2D eigenvalue weighted by Crippen LogP contribution is 2.27. The van der Waals surface area contributed by atoms with Gasteiger partial charge in [-0.1, -0.05) is 13.8 Å². The number of aromatic amines is 1. The van der Waals surface area contributed by atoms with E-state index in [0.717, 1.165) is 17.2 Å². The van der Waals surface area contributed by atoms with Gasteiger partial charge in [0.1, 0.15) is 6.04 Å². The lowest BCUT2D eigenvalue weighted by atomic mass is 9.77. The van der Waals surface area contributed by atoms with Crippen LogP contribution in [0.25, 0.3) is 0 Å². The second-order valence-electron chi connectivity index (χ2n) is 7.46. The van der Waals surface area contributed by atoms with E-state index in [-0.39, 0.29) is 17.6 Å². The van der Waals surface area contributed by atoms with E-state index in [1.807, 2.05) is 20.8 Å². The van der Waals surface area contributed by atoms with Crippen molar-refractivity contribution in [2.45, 2.75) is 72.9 Å². The van der Waals surface area contributed by atoms with Crippen LogP contribution in [0.2, 0.25) is 0 Å². The average Bonchev–Trinajstić information content (AvgIpc) is 2.78. The number of rotatable bonds is 5. The third-order valence-electron chi connectivity index (χ3n) is 5.76. The maximum absolute atomic E-state index is 12.8. The zero-order valence-corrected chi connectivity index (χ0v) is 15.3. The summed E-state index contributed by atoms with van der Waals surface area (Å²) in [7, 11) is 0. The fourth-order valence-electron chi connectivity index (χ4n) is 4.11. The van der Waals surface area contributed by atoms with Crippen molar-refractivity contribution in [2.24, 2.45) is 11.8 Å². The Balaban J connectivity index is 2.14. The predicted molar refractivity (Wildman–Crippen MR) is 92.0 cm³/mol. The molecule has 1 aromatic heterocycles. The normalized spacial score (nSPS) is 26.1. The summed E-state index contributed by atoms with van der Waals surface area (Å²) in [5.74, 6) is 1.48. The van der Waals surface area contributed by atoms with E-state index in [4.69, 9.17) is 0 Å².